The monoisotopic (exact) mass is 423 g/mol. The van der Waals surface area contributed by atoms with E-state index < -0.39 is 9.84 Å². The van der Waals surface area contributed by atoms with Gasteiger partial charge in [0, 0.05) is 0 Å². The summed E-state index contributed by atoms with van der Waals surface area (Å²) in [6.07, 6.45) is 1.29. The second-order valence-corrected chi connectivity index (χ2v) is 8.18. The Morgan fingerprint density at radius 1 is 1.03 bits per heavy atom. The van der Waals surface area contributed by atoms with Gasteiger partial charge in [-0.3, -0.25) is 0 Å². The van der Waals surface area contributed by atoms with Gasteiger partial charge in [-0.2, -0.15) is 5.26 Å². The summed E-state index contributed by atoms with van der Waals surface area (Å²) < 4.78 is 49.5. The summed E-state index contributed by atoms with van der Waals surface area (Å²) in [5, 5.41) is 9.42. The average molecular weight is 423 g/mol. The lowest BCUT2D eigenvalue weighted by Gasteiger charge is -2.12. The zero-order valence-electron chi connectivity index (χ0n) is 16.1. The van der Waals surface area contributed by atoms with E-state index in [1.807, 2.05) is 0 Å². The molecule has 30 heavy (non-hydrogen) atoms. The number of halogens is 1. The lowest BCUT2D eigenvalue weighted by molar-refractivity contribution is 0.284. The maximum absolute atomic E-state index is 13.0. The Hall–Kier alpha value is -3.63. The Labute approximate surface area is 174 Å². The third-order valence-corrected chi connectivity index (χ3v) is 5.93. The van der Waals surface area contributed by atoms with Crippen molar-refractivity contribution in [3.63, 3.8) is 0 Å². The first kappa shape index (κ1) is 21.1. The van der Waals surface area contributed by atoms with E-state index in [2.05, 4.69) is 0 Å². The van der Waals surface area contributed by atoms with Crippen LogP contribution in [0.1, 0.15) is 11.1 Å². The van der Waals surface area contributed by atoms with Gasteiger partial charge in [-0.05, 0) is 53.6 Å². The van der Waals surface area contributed by atoms with Gasteiger partial charge in [0.25, 0.3) is 0 Å². The van der Waals surface area contributed by atoms with Crippen LogP contribution in [-0.4, -0.2) is 15.5 Å². The first-order valence-electron chi connectivity index (χ1n) is 8.91. The van der Waals surface area contributed by atoms with Crippen LogP contribution >= 0.6 is 0 Å². The predicted molar refractivity (Wildman–Crippen MR) is 111 cm³/mol. The molecule has 0 unspecified atom stereocenters. The van der Waals surface area contributed by atoms with Crippen LogP contribution in [0.3, 0.4) is 0 Å². The third-order valence-electron chi connectivity index (χ3n) is 4.25. The van der Waals surface area contributed by atoms with Crippen molar-refractivity contribution in [3.8, 4) is 17.6 Å². The molecule has 0 aromatic heterocycles. The van der Waals surface area contributed by atoms with Crippen molar-refractivity contribution in [2.75, 3.05) is 7.11 Å². The van der Waals surface area contributed by atoms with Gasteiger partial charge in [0.15, 0.2) is 11.5 Å². The molecule has 3 aromatic rings. The van der Waals surface area contributed by atoms with Crippen LogP contribution in [-0.2, 0) is 16.4 Å². The fourth-order valence-electron chi connectivity index (χ4n) is 2.68. The van der Waals surface area contributed by atoms with Crippen molar-refractivity contribution in [3.05, 3.63) is 94.6 Å². The second kappa shape index (κ2) is 9.25. The van der Waals surface area contributed by atoms with Gasteiger partial charge in [0.05, 0.1) is 12.0 Å². The van der Waals surface area contributed by atoms with Gasteiger partial charge < -0.3 is 9.47 Å². The fourth-order valence-corrected chi connectivity index (χ4v) is 3.86. The van der Waals surface area contributed by atoms with Crippen molar-refractivity contribution in [1.29, 1.82) is 5.26 Å². The second-order valence-electron chi connectivity index (χ2n) is 6.26. The van der Waals surface area contributed by atoms with Crippen LogP contribution < -0.4 is 9.47 Å². The van der Waals surface area contributed by atoms with Gasteiger partial charge in [-0.15, -0.1) is 0 Å². The molecule has 0 spiro atoms. The molecule has 0 aliphatic rings. The lowest BCUT2D eigenvalue weighted by atomic mass is 10.2. The van der Waals surface area contributed by atoms with E-state index in [9.17, 15) is 18.1 Å². The molecule has 7 heteroatoms. The van der Waals surface area contributed by atoms with Crippen LogP contribution in [0.5, 0.6) is 11.5 Å². The highest BCUT2D eigenvalue weighted by Crippen LogP contribution is 2.30. The number of methoxy groups -OCH3 is 1. The standard InChI is InChI=1S/C23H18FNO4S/c1-28-23-14-18(9-12-22(23)29-16-17-7-10-19(24)11-8-17)13-21(15-25)30(26,27)20-5-3-2-4-6-20/h2-14H,16H2,1H3/b21-13-. The first-order chi connectivity index (χ1) is 14.4. The summed E-state index contributed by atoms with van der Waals surface area (Å²) in [6.45, 7) is 0.206. The highest BCUT2D eigenvalue weighted by molar-refractivity contribution is 7.95. The van der Waals surface area contributed by atoms with E-state index in [4.69, 9.17) is 9.47 Å². The minimum Gasteiger partial charge on any atom is -0.493 e. The number of sulfone groups is 1. The topological polar surface area (TPSA) is 76.4 Å². The van der Waals surface area contributed by atoms with Crippen molar-refractivity contribution in [1.82, 2.24) is 0 Å². The Balaban J connectivity index is 1.86. The van der Waals surface area contributed by atoms with Crippen LogP contribution in [0.4, 0.5) is 4.39 Å². The van der Waals surface area contributed by atoms with Crippen molar-refractivity contribution in [2.24, 2.45) is 0 Å². The van der Waals surface area contributed by atoms with E-state index in [1.54, 1.807) is 54.6 Å². The molecule has 0 aliphatic heterocycles. The molecule has 3 aromatic carbocycles. The van der Waals surface area contributed by atoms with E-state index in [1.165, 1.54) is 37.5 Å². The number of nitrogens with zero attached hydrogens (tertiary/aromatic N) is 1. The maximum atomic E-state index is 13.0. The number of hydrogen-bond acceptors (Lipinski definition) is 5. The predicted octanol–water partition coefficient (Wildman–Crippen LogP) is 4.75. The Morgan fingerprint density at radius 2 is 1.73 bits per heavy atom. The summed E-state index contributed by atoms with van der Waals surface area (Å²) >= 11 is 0. The van der Waals surface area contributed by atoms with Crippen LogP contribution in [0.2, 0.25) is 0 Å². The molecular weight excluding hydrogens is 405 g/mol. The molecule has 0 N–H and O–H groups in total. The average Bonchev–Trinajstić information content (AvgIpc) is 2.77. The summed E-state index contributed by atoms with van der Waals surface area (Å²) in [7, 11) is -2.47. The summed E-state index contributed by atoms with van der Waals surface area (Å²) in [5.41, 5.74) is 1.25. The van der Waals surface area contributed by atoms with E-state index in [0.29, 0.717) is 17.1 Å². The third kappa shape index (κ3) is 4.85. The van der Waals surface area contributed by atoms with Crippen molar-refractivity contribution in [2.45, 2.75) is 11.5 Å². The zero-order valence-corrected chi connectivity index (χ0v) is 16.9. The normalized spacial score (nSPS) is 11.6. The molecule has 0 saturated carbocycles. The molecule has 0 saturated heterocycles. The van der Waals surface area contributed by atoms with Crippen molar-refractivity contribution < 1.29 is 22.3 Å². The highest BCUT2D eigenvalue weighted by Gasteiger charge is 2.20. The minimum absolute atomic E-state index is 0.0454. The molecule has 152 valence electrons. The van der Waals surface area contributed by atoms with Gasteiger partial charge in [-0.1, -0.05) is 36.4 Å². The molecule has 0 atom stereocenters. The molecule has 0 aliphatic carbocycles. The Bertz CT molecular complexity index is 1200. The molecule has 0 radical (unpaired) electrons. The van der Waals surface area contributed by atoms with Crippen LogP contribution in [0, 0.1) is 17.1 Å². The number of benzene rings is 3. The minimum atomic E-state index is -3.93. The van der Waals surface area contributed by atoms with Gasteiger partial charge in [0.1, 0.15) is 23.4 Å². The molecule has 0 bridgehead atoms. The van der Waals surface area contributed by atoms with E-state index in [-0.39, 0.29) is 22.2 Å². The number of hydrogen-bond donors (Lipinski definition) is 0. The van der Waals surface area contributed by atoms with Gasteiger partial charge in [0.2, 0.25) is 9.84 Å². The zero-order chi connectivity index (χ0) is 21.6. The lowest BCUT2D eigenvalue weighted by Crippen LogP contribution is -2.03. The largest absolute Gasteiger partial charge is 0.493 e. The van der Waals surface area contributed by atoms with E-state index in [0.717, 1.165) is 5.56 Å². The quantitative estimate of drug-likeness (QED) is 0.513. The SMILES string of the molecule is COc1cc(/C=C(/C#N)S(=O)(=O)c2ccccc2)ccc1OCc1ccc(F)cc1. The summed E-state index contributed by atoms with van der Waals surface area (Å²) in [6, 6.07) is 20.3. The summed E-state index contributed by atoms with van der Waals surface area (Å²) in [4.78, 5) is -0.334. The molecule has 0 amide bonds. The molecular formula is C23H18FNO4S. The molecule has 0 heterocycles. The summed E-state index contributed by atoms with van der Waals surface area (Å²) in [5.74, 6) is 0.481. The fraction of sp³-hybridized carbons (Fsp3) is 0.0870. The molecule has 0 fully saturated rings. The number of ether oxygens (including phenoxy) is 2. The van der Waals surface area contributed by atoms with Gasteiger partial charge in [-0.25, -0.2) is 12.8 Å². The van der Waals surface area contributed by atoms with Crippen LogP contribution in [0.25, 0.3) is 6.08 Å². The van der Waals surface area contributed by atoms with E-state index >= 15 is 0 Å². The molecule has 3 rings (SSSR count). The van der Waals surface area contributed by atoms with Crippen molar-refractivity contribution >= 4 is 15.9 Å². The molecule has 5 nitrogen and oxygen atoms in total. The van der Waals surface area contributed by atoms with Crippen LogP contribution in [0.15, 0.2) is 82.6 Å². The Kier molecular flexibility index (Phi) is 6.50. The first-order valence-corrected chi connectivity index (χ1v) is 10.4. The number of allylic oxidation sites excluding steroid dienone is 1. The maximum Gasteiger partial charge on any atom is 0.216 e. The highest BCUT2D eigenvalue weighted by atomic mass is 32.2. The van der Waals surface area contributed by atoms with Gasteiger partial charge >= 0.3 is 0 Å². The number of nitriles is 1. The number of rotatable bonds is 7. The Morgan fingerprint density at radius 3 is 2.37 bits per heavy atom. The smallest absolute Gasteiger partial charge is 0.216 e.